The van der Waals surface area contributed by atoms with Gasteiger partial charge < -0.3 is 19.5 Å². The summed E-state index contributed by atoms with van der Waals surface area (Å²) in [5.41, 5.74) is -0.135. The van der Waals surface area contributed by atoms with Crippen LogP contribution in [0.15, 0.2) is 42.5 Å². The normalized spacial score (nSPS) is 10.0. The molecule has 0 unspecified atom stereocenters. The SMILES string of the molecule is COC(=O)c1cc(C(=O)OCC(=O)NCc2cccc(OC)c2)cc([N+](=O)[O-])c1. The molecule has 2 aromatic carbocycles. The number of hydrogen-bond acceptors (Lipinski definition) is 8. The summed E-state index contributed by atoms with van der Waals surface area (Å²) in [6.45, 7) is -0.407. The van der Waals surface area contributed by atoms with Gasteiger partial charge in [0.1, 0.15) is 5.75 Å². The first-order valence-electron chi connectivity index (χ1n) is 8.28. The first-order valence-corrected chi connectivity index (χ1v) is 8.28. The number of rotatable bonds is 8. The number of nitro benzene ring substituents is 1. The van der Waals surface area contributed by atoms with Gasteiger partial charge in [0.2, 0.25) is 0 Å². The van der Waals surface area contributed by atoms with Gasteiger partial charge in [-0.15, -0.1) is 0 Å². The first kappa shape index (κ1) is 21.4. The summed E-state index contributed by atoms with van der Waals surface area (Å²) >= 11 is 0. The smallest absolute Gasteiger partial charge is 0.338 e. The molecule has 2 aromatic rings. The van der Waals surface area contributed by atoms with Crippen molar-refractivity contribution in [2.45, 2.75) is 6.54 Å². The number of nitrogens with one attached hydrogen (secondary N) is 1. The predicted molar refractivity (Wildman–Crippen MR) is 99.6 cm³/mol. The van der Waals surface area contributed by atoms with Crippen molar-refractivity contribution in [3.05, 3.63) is 69.3 Å². The summed E-state index contributed by atoms with van der Waals surface area (Å²) in [6, 6.07) is 10.1. The molecule has 1 amide bonds. The van der Waals surface area contributed by atoms with Crippen LogP contribution in [0.5, 0.6) is 5.75 Å². The Bertz CT molecular complexity index is 942. The third-order valence-electron chi connectivity index (χ3n) is 3.74. The Morgan fingerprint density at radius 2 is 1.72 bits per heavy atom. The minimum atomic E-state index is -0.990. The summed E-state index contributed by atoms with van der Waals surface area (Å²) in [4.78, 5) is 45.9. The molecule has 0 saturated heterocycles. The Morgan fingerprint density at radius 3 is 2.34 bits per heavy atom. The summed E-state index contributed by atoms with van der Waals surface area (Å²) < 4.78 is 14.5. The van der Waals surface area contributed by atoms with Crippen molar-refractivity contribution < 1.29 is 33.5 Å². The molecule has 10 heteroatoms. The number of carbonyl (C=O) groups is 3. The second kappa shape index (κ2) is 9.83. The minimum absolute atomic E-state index is 0.184. The quantitative estimate of drug-likeness (QED) is 0.402. The largest absolute Gasteiger partial charge is 0.497 e. The minimum Gasteiger partial charge on any atom is -0.497 e. The first-order chi connectivity index (χ1) is 13.8. The second-order valence-corrected chi connectivity index (χ2v) is 5.72. The highest BCUT2D eigenvalue weighted by molar-refractivity contribution is 5.97. The van der Waals surface area contributed by atoms with Gasteiger partial charge >= 0.3 is 11.9 Å². The van der Waals surface area contributed by atoms with E-state index in [1.165, 1.54) is 7.11 Å². The molecule has 152 valence electrons. The highest BCUT2D eigenvalue weighted by atomic mass is 16.6. The van der Waals surface area contributed by atoms with Crippen molar-refractivity contribution in [1.29, 1.82) is 0 Å². The number of methoxy groups -OCH3 is 2. The van der Waals surface area contributed by atoms with Gasteiger partial charge in [-0.1, -0.05) is 12.1 Å². The molecule has 0 aliphatic rings. The van der Waals surface area contributed by atoms with Gasteiger partial charge in [0.15, 0.2) is 6.61 Å². The lowest BCUT2D eigenvalue weighted by Crippen LogP contribution is -2.28. The fourth-order valence-corrected chi connectivity index (χ4v) is 2.32. The summed E-state index contributed by atoms with van der Waals surface area (Å²) in [7, 11) is 2.63. The van der Waals surface area contributed by atoms with Crippen LogP contribution in [-0.4, -0.2) is 43.6 Å². The Hall–Kier alpha value is -3.95. The molecule has 0 fully saturated rings. The van der Waals surface area contributed by atoms with Gasteiger partial charge in [-0.05, 0) is 23.8 Å². The van der Waals surface area contributed by atoms with E-state index in [4.69, 9.17) is 9.47 Å². The maximum atomic E-state index is 12.2. The fraction of sp³-hybridized carbons (Fsp3) is 0.211. The Kier molecular flexibility index (Phi) is 7.24. The van der Waals surface area contributed by atoms with E-state index in [0.29, 0.717) is 5.75 Å². The van der Waals surface area contributed by atoms with Gasteiger partial charge in [-0.25, -0.2) is 9.59 Å². The zero-order valence-corrected chi connectivity index (χ0v) is 15.7. The van der Waals surface area contributed by atoms with Crippen molar-refractivity contribution >= 4 is 23.5 Å². The number of hydrogen-bond donors (Lipinski definition) is 1. The predicted octanol–water partition coefficient (Wildman–Crippen LogP) is 1.86. The van der Waals surface area contributed by atoms with Gasteiger partial charge in [0.25, 0.3) is 11.6 Å². The molecule has 1 N–H and O–H groups in total. The molecule has 0 heterocycles. The zero-order valence-electron chi connectivity index (χ0n) is 15.7. The summed E-state index contributed by atoms with van der Waals surface area (Å²) in [6.07, 6.45) is 0. The molecule has 2 rings (SSSR count). The van der Waals surface area contributed by atoms with Crippen LogP contribution < -0.4 is 10.1 Å². The molecule has 0 spiro atoms. The highest BCUT2D eigenvalue weighted by Gasteiger charge is 2.19. The lowest BCUT2D eigenvalue weighted by atomic mass is 10.1. The van der Waals surface area contributed by atoms with Gasteiger partial charge in [-0.2, -0.15) is 0 Å². The maximum absolute atomic E-state index is 12.2. The van der Waals surface area contributed by atoms with Gasteiger partial charge in [-0.3, -0.25) is 14.9 Å². The van der Waals surface area contributed by atoms with E-state index >= 15 is 0 Å². The van der Waals surface area contributed by atoms with E-state index < -0.39 is 35.1 Å². The maximum Gasteiger partial charge on any atom is 0.338 e. The van der Waals surface area contributed by atoms with E-state index in [1.54, 1.807) is 24.3 Å². The monoisotopic (exact) mass is 402 g/mol. The van der Waals surface area contributed by atoms with Crippen LogP contribution in [0.1, 0.15) is 26.3 Å². The van der Waals surface area contributed by atoms with E-state index in [2.05, 4.69) is 10.1 Å². The van der Waals surface area contributed by atoms with Gasteiger partial charge in [0, 0.05) is 18.7 Å². The van der Waals surface area contributed by atoms with Crippen molar-refractivity contribution in [2.24, 2.45) is 0 Å². The van der Waals surface area contributed by atoms with E-state index in [0.717, 1.165) is 30.9 Å². The topological polar surface area (TPSA) is 134 Å². The molecule has 0 bridgehead atoms. The lowest BCUT2D eigenvalue weighted by Gasteiger charge is -2.08. The molecule has 0 aliphatic carbocycles. The van der Waals surface area contributed by atoms with Crippen LogP contribution in [0, 0.1) is 10.1 Å². The third-order valence-corrected chi connectivity index (χ3v) is 3.74. The van der Waals surface area contributed by atoms with Crippen LogP contribution >= 0.6 is 0 Å². The molecule has 0 radical (unpaired) electrons. The fourth-order valence-electron chi connectivity index (χ4n) is 2.32. The standard InChI is InChI=1S/C19H18N2O8/c1-27-16-5-3-4-12(6-16)10-20-17(22)11-29-19(24)14-7-13(18(23)28-2)8-15(9-14)21(25)26/h3-9H,10-11H2,1-2H3,(H,20,22). The molecular formula is C19H18N2O8. The molecule has 0 saturated carbocycles. The van der Waals surface area contributed by atoms with Crippen molar-refractivity contribution in [3.8, 4) is 5.75 Å². The third kappa shape index (κ3) is 6.03. The number of nitro groups is 1. The van der Waals surface area contributed by atoms with Crippen molar-refractivity contribution in [1.82, 2.24) is 5.32 Å². The highest BCUT2D eigenvalue weighted by Crippen LogP contribution is 2.19. The lowest BCUT2D eigenvalue weighted by molar-refractivity contribution is -0.384. The number of benzene rings is 2. The number of ether oxygens (including phenoxy) is 3. The Labute approximate surface area is 165 Å². The number of carbonyl (C=O) groups excluding carboxylic acids is 3. The van der Waals surface area contributed by atoms with Crippen LogP contribution in [0.2, 0.25) is 0 Å². The Balaban J connectivity index is 1.98. The van der Waals surface area contributed by atoms with E-state index in [9.17, 15) is 24.5 Å². The van der Waals surface area contributed by atoms with Crippen LogP contribution in [-0.2, 0) is 20.8 Å². The van der Waals surface area contributed by atoms with Crippen molar-refractivity contribution in [3.63, 3.8) is 0 Å². The number of non-ortho nitro benzene ring substituents is 1. The number of amides is 1. The van der Waals surface area contributed by atoms with Crippen molar-refractivity contribution in [2.75, 3.05) is 20.8 Å². The van der Waals surface area contributed by atoms with Gasteiger partial charge in [0.05, 0.1) is 30.3 Å². The number of nitrogens with zero attached hydrogens (tertiary/aromatic N) is 1. The molecule has 10 nitrogen and oxygen atoms in total. The van der Waals surface area contributed by atoms with Crippen LogP contribution in [0.25, 0.3) is 0 Å². The van der Waals surface area contributed by atoms with Crippen LogP contribution in [0.3, 0.4) is 0 Å². The zero-order chi connectivity index (χ0) is 21.4. The van der Waals surface area contributed by atoms with E-state index in [-0.39, 0.29) is 17.7 Å². The van der Waals surface area contributed by atoms with E-state index in [1.807, 2.05) is 0 Å². The average Bonchev–Trinajstić information content (AvgIpc) is 2.75. The average molecular weight is 402 g/mol. The molecule has 0 aromatic heterocycles. The number of esters is 2. The summed E-state index contributed by atoms with van der Waals surface area (Å²) in [5, 5.41) is 13.6. The molecule has 29 heavy (non-hydrogen) atoms. The molecular weight excluding hydrogens is 384 g/mol. The molecule has 0 aliphatic heterocycles. The second-order valence-electron chi connectivity index (χ2n) is 5.72. The van der Waals surface area contributed by atoms with Crippen LogP contribution in [0.4, 0.5) is 5.69 Å². The molecule has 0 atom stereocenters. The summed E-state index contributed by atoms with van der Waals surface area (Å²) in [5.74, 6) is -1.77. The Morgan fingerprint density at radius 1 is 1.03 bits per heavy atom.